The van der Waals surface area contributed by atoms with E-state index < -0.39 is 0 Å². The lowest BCUT2D eigenvalue weighted by atomic mass is 9.98. The fourth-order valence-electron chi connectivity index (χ4n) is 3.95. The van der Waals surface area contributed by atoms with E-state index in [-0.39, 0.29) is 18.4 Å². The maximum atomic E-state index is 12.4. The maximum absolute atomic E-state index is 12.4. The van der Waals surface area contributed by atoms with E-state index in [9.17, 15) is 9.59 Å². The van der Waals surface area contributed by atoms with Gasteiger partial charge in [0.2, 0.25) is 11.8 Å². The zero-order valence-electron chi connectivity index (χ0n) is 15.3. The van der Waals surface area contributed by atoms with Gasteiger partial charge in [0.1, 0.15) is 0 Å². The molecule has 0 aliphatic carbocycles. The Balaban J connectivity index is 1.39. The summed E-state index contributed by atoms with van der Waals surface area (Å²) < 4.78 is 0. The number of amides is 2. The molecule has 3 rings (SSSR count). The van der Waals surface area contributed by atoms with Crippen molar-refractivity contribution in [1.29, 1.82) is 0 Å². The molecule has 2 N–H and O–H groups in total. The molecule has 2 heterocycles. The minimum absolute atomic E-state index is 0.00925. The molecular formula is C20H29N3O2. The Kier molecular flexibility index (Phi) is 5.74. The van der Waals surface area contributed by atoms with Crippen LogP contribution in [0.3, 0.4) is 0 Å². The summed E-state index contributed by atoms with van der Waals surface area (Å²) in [6.07, 6.45) is 5.61. The van der Waals surface area contributed by atoms with Crippen LogP contribution in [0.15, 0.2) is 24.3 Å². The van der Waals surface area contributed by atoms with Crippen molar-refractivity contribution in [3.8, 4) is 0 Å². The first-order valence-electron chi connectivity index (χ1n) is 9.35. The number of benzene rings is 1. The van der Waals surface area contributed by atoms with Gasteiger partial charge in [-0.15, -0.1) is 0 Å². The number of nitrogens with one attached hydrogen (secondary N) is 2. The predicted molar refractivity (Wildman–Crippen MR) is 98.2 cm³/mol. The first-order valence-corrected chi connectivity index (χ1v) is 9.35. The molecule has 2 bridgehead atoms. The van der Waals surface area contributed by atoms with Crippen LogP contribution in [0.5, 0.6) is 0 Å². The van der Waals surface area contributed by atoms with Gasteiger partial charge in [-0.25, -0.2) is 0 Å². The van der Waals surface area contributed by atoms with Gasteiger partial charge in [0.05, 0.1) is 6.54 Å². The molecule has 5 nitrogen and oxygen atoms in total. The number of hydrogen-bond acceptors (Lipinski definition) is 3. The molecule has 2 saturated heterocycles. The van der Waals surface area contributed by atoms with Gasteiger partial charge >= 0.3 is 0 Å². The van der Waals surface area contributed by atoms with Crippen molar-refractivity contribution in [2.45, 2.75) is 63.6 Å². The van der Waals surface area contributed by atoms with Crippen molar-refractivity contribution < 1.29 is 9.59 Å². The van der Waals surface area contributed by atoms with E-state index in [0.29, 0.717) is 31.0 Å². The Morgan fingerprint density at radius 1 is 1.16 bits per heavy atom. The van der Waals surface area contributed by atoms with Crippen LogP contribution < -0.4 is 10.6 Å². The summed E-state index contributed by atoms with van der Waals surface area (Å²) in [6, 6.07) is 9.62. The quantitative estimate of drug-likeness (QED) is 0.828. The zero-order chi connectivity index (χ0) is 17.8. The van der Waals surface area contributed by atoms with Crippen LogP contribution in [0, 0.1) is 6.92 Å². The number of hydrogen-bond donors (Lipinski definition) is 2. The molecule has 2 fully saturated rings. The summed E-state index contributed by atoms with van der Waals surface area (Å²) in [5, 5.41) is 6.37. The van der Waals surface area contributed by atoms with Gasteiger partial charge in [-0.3, -0.25) is 9.59 Å². The fourth-order valence-corrected chi connectivity index (χ4v) is 3.95. The molecule has 0 spiro atoms. The lowest BCUT2D eigenvalue weighted by Crippen LogP contribution is -2.50. The zero-order valence-corrected chi connectivity index (χ0v) is 15.3. The largest absolute Gasteiger partial charge is 0.347 e. The second-order valence-corrected chi connectivity index (χ2v) is 7.53. The Hall–Kier alpha value is -1.88. The smallest absolute Gasteiger partial charge is 0.241 e. The molecule has 2 atom stereocenters. The second-order valence-electron chi connectivity index (χ2n) is 7.53. The number of fused-ring (bicyclic) bond motifs is 2. The summed E-state index contributed by atoms with van der Waals surface area (Å²) in [6.45, 7) is 2.15. The number of carbonyl (C=O) groups excluding carboxylic acids is 2. The van der Waals surface area contributed by atoms with Crippen molar-refractivity contribution in [1.82, 2.24) is 15.5 Å². The van der Waals surface area contributed by atoms with Crippen LogP contribution in [0.4, 0.5) is 0 Å². The van der Waals surface area contributed by atoms with Crippen LogP contribution in [0.1, 0.15) is 43.2 Å². The highest BCUT2D eigenvalue weighted by Crippen LogP contribution is 2.29. The first-order chi connectivity index (χ1) is 12.0. The average Bonchev–Trinajstić information content (AvgIpc) is 2.96. The summed E-state index contributed by atoms with van der Waals surface area (Å²) in [7, 11) is 1.87. The monoisotopic (exact) mass is 343 g/mol. The molecule has 2 amide bonds. The third-order valence-corrected chi connectivity index (χ3v) is 5.59. The van der Waals surface area contributed by atoms with Crippen molar-refractivity contribution in [3.05, 3.63) is 35.4 Å². The molecule has 5 heteroatoms. The minimum Gasteiger partial charge on any atom is -0.347 e. The highest BCUT2D eigenvalue weighted by Gasteiger charge is 2.36. The van der Waals surface area contributed by atoms with Crippen LogP contribution in [-0.2, 0) is 16.0 Å². The highest BCUT2D eigenvalue weighted by atomic mass is 16.2. The number of nitrogens with zero attached hydrogens (tertiary/aromatic N) is 1. The summed E-state index contributed by atoms with van der Waals surface area (Å²) in [5.41, 5.74) is 2.36. The minimum atomic E-state index is -0.0623. The van der Waals surface area contributed by atoms with Crippen molar-refractivity contribution in [3.63, 3.8) is 0 Å². The van der Waals surface area contributed by atoms with Gasteiger partial charge in [0, 0.05) is 31.6 Å². The van der Waals surface area contributed by atoms with E-state index in [1.165, 1.54) is 18.4 Å². The Morgan fingerprint density at radius 3 is 2.44 bits per heavy atom. The van der Waals surface area contributed by atoms with Crippen LogP contribution in [0.2, 0.25) is 0 Å². The molecule has 136 valence electrons. The van der Waals surface area contributed by atoms with Gasteiger partial charge in [-0.2, -0.15) is 0 Å². The topological polar surface area (TPSA) is 61.4 Å². The lowest BCUT2D eigenvalue weighted by Gasteiger charge is -2.35. The first kappa shape index (κ1) is 17.9. The van der Waals surface area contributed by atoms with Crippen LogP contribution in [0.25, 0.3) is 0 Å². The van der Waals surface area contributed by atoms with E-state index in [2.05, 4.69) is 22.8 Å². The fraction of sp³-hybridized carbons (Fsp3) is 0.600. The molecule has 1 aromatic carbocycles. The van der Waals surface area contributed by atoms with E-state index in [1.807, 2.05) is 31.0 Å². The Morgan fingerprint density at radius 2 is 1.80 bits per heavy atom. The Labute approximate surface area is 150 Å². The normalized spacial score (nSPS) is 24.8. The number of aryl methyl sites for hydroxylation is 2. The van der Waals surface area contributed by atoms with Crippen molar-refractivity contribution in [2.24, 2.45) is 0 Å². The summed E-state index contributed by atoms with van der Waals surface area (Å²) >= 11 is 0. The van der Waals surface area contributed by atoms with Gasteiger partial charge in [-0.05, 0) is 44.6 Å². The van der Waals surface area contributed by atoms with Crippen LogP contribution in [-0.4, -0.2) is 48.4 Å². The number of carbonyl (C=O) groups is 2. The number of likely N-dealkylation sites (N-methyl/N-ethyl adjacent to an activating group) is 1. The molecule has 1 aromatic rings. The molecule has 2 unspecified atom stereocenters. The van der Waals surface area contributed by atoms with Crippen molar-refractivity contribution in [2.75, 3.05) is 13.6 Å². The summed E-state index contributed by atoms with van der Waals surface area (Å²) in [4.78, 5) is 26.2. The molecule has 2 aliphatic heterocycles. The number of rotatable bonds is 6. The number of piperidine rings is 1. The van der Waals surface area contributed by atoms with E-state index in [0.717, 1.165) is 18.4 Å². The molecule has 25 heavy (non-hydrogen) atoms. The second kappa shape index (κ2) is 8.00. The van der Waals surface area contributed by atoms with Crippen LogP contribution >= 0.6 is 0 Å². The van der Waals surface area contributed by atoms with E-state index in [4.69, 9.17) is 0 Å². The standard InChI is InChI=1S/C20H29N3O2/c1-14-3-5-15(6-4-14)7-10-19(24)21-13-20(25)23(2)18-11-16-8-9-17(12-18)22-16/h3-6,16-18,22H,7-13H2,1-2H3,(H,21,24). The summed E-state index contributed by atoms with van der Waals surface area (Å²) in [5.74, 6) is -0.0531. The van der Waals surface area contributed by atoms with Gasteiger partial charge in [0.25, 0.3) is 0 Å². The molecule has 2 aliphatic rings. The van der Waals surface area contributed by atoms with Gasteiger partial charge in [-0.1, -0.05) is 29.8 Å². The van der Waals surface area contributed by atoms with E-state index in [1.54, 1.807) is 0 Å². The van der Waals surface area contributed by atoms with E-state index >= 15 is 0 Å². The molecule has 0 saturated carbocycles. The lowest BCUT2D eigenvalue weighted by molar-refractivity contribution is -0.134. The van der Waals surface area contributed by atoms with Gasteiger partial charge < -0.3 is 15.5 Å². The average molecular weight is 343 g/mol. The highest BCUT2D eigenvalue weighted by molar-refractivity contribution is 5.84. The SMILES string of the molecule is Cc1ccc(CCC(=O)NCC(=O)N(C)C2CC3CCC(C2)N3)cc1. The third-order valence-electron chi connectivity index (χ3n) is 5.59. The maximum Gasteiger partial charge on any atom is 0.241 e. The Bertz CT molecular complexity index is 602. The van der Waals surface area contributed by atoms with Crippen molar-refractivity contribution >= 4 is 11.8 Å². The molecule has 0 aromatic heterocycles. The third kappa shape index (κ3) is 4.82. The molecular weight excluding hydrogens is 314 g/mol. The molecule has 0 radical (unpaired) electrons. The van der Waals surface area contributed by atoms with Gasteiger partial charge in [0.15, 0.2) is 0 Å². The predicted octanol–water partition coefficient (Wildman–Crippen LogP) is 1.79.